The molecular weight excluding hydrogens is 390 g/mol. The highest BCUT2D eigenvalue weighted by Gasteiger charge is 2.09. The molecule has 6 nitrogen and oxygen atoms in total. The van der Waals surface area contributed by atoms with Crippen molar-refractivity contribution in [1.82, 2.24) is 15.3 Å². The molecule has 2 aromatic rings. The van der Waals surface area contributed by atoms with Gasteiger partial charge in [0, 0.05) is 30.5 Å². The summed E-state index contributed by atoms with van der Waals surface area (Å²) in [5.74, 6) is 2.71. The van der Waals surface area contributed by atoms with Crippen LogP contribution >= 0.6 is 0 Å². The number of amides is 1. The Morgan fingerprint density at radius 1 is 1.39 bits per heavy atom. The third-order valence-corrected chi connectivity index (χ3v) is 4.40. The van der Waals surface area contributed by atoms with Crippen molar-refractivity contribution < 1.29 is 15.0 Å². The van der Waals surface area contributed by atoms with Gasteiger partial charge in [-0.25, -0.2) is 4.98 Å². The van der Waals surface area contributed by atoms with Crippen molar-refractivity contribution >= 4 is 22.5 Å². The van der Waals surface area contributed by atoms with Crippen LogP contribution in [0.4, 0.5) is 0 Å². The van der Waals surface area contributed by atoms with Gasteiger partial charge in [-0.3, -0.25) is 4.79 Å². The van der Waals surface area contributed by atoms with E-state index in [2.05, 4.69) is 27.8 Å². The Balaban J connectivity index is 2.01. The number of aliphatic hydroxyl groups is 1. The second-order valence-corrected chi connectivity index (χ2v) is 6.69. The van der Waals surface area contributed by atoms with Crippen LogP contribution in [0.2, 0.25) is 0 Å². The number of imidazole rings is 1. The summed E-state index contributed by atoms with van der Waals surface area (Å²) >= 11 is 0. The number of aromatic amines is 1. The average molecular weight is 418 g/mol. The number of phenolic OH excluding ortho intramolecular Hbond substituents is 1. The summed E-state index contributed by atoms with van der Waals surface area (Å²) in [4.78, 5) is 19.7. The summed E-state index contributed by atoms with van der Waals surface area (Å²) in [7, 11) is 0. The molecule has 0 aliphatic carbocycles. The third kappa shape index (κ3) is 7.18. The van der Waals surface area contributed by atoms with E-state index in [0.29, 0.717) is 24.3 Å². The minimum Gasteiger partial charge on any atom is -0.508 e. The SMILES string of the molecule is C#CC/C=C(\C=C/CNC(=O)/C=C\C(C=C)C(O)/C=C\C)c1nc2ccc(O)cc2[nH]1. The van der Waals surface area contributed by atoms with E-state index >= 15 is 0 Å². The largest absolute Gasteiger partial charge is 0.508 e. The Hall–Kier alpha value is -3.82. The monoisotopic (exact) mass is 417 g/mol. The van der Waals surface area contributed by atoms with E-state index in [1.165, 1.54) is 6.08 Å². The van der Waals surface area contributed by atoms with Gasteiger partial charge in [-0.2, -0.15) is 0 Å². The number of hydrogen-bond donors (Lipinski definition) is 4. The number of benzene rings is 1. The van der Waals surface area contributed by atoms with Gasteiger partial charge in [0.15, 0.2) is 0 Å². The number of aromatic hydroxyl groups is 1. The van der Waals surface area contributed by atoms with Gasteiger partial charge < -0.3 is 20.5 Å². The van der Waals surface area contributed by atoms with E-state index in [1.54, 1.807) is 48.6 Å². The van der Waals surface area contributed by atoms with E-state index < -0.39 is 6.10 Å². The smallest absolute Gasteiger partial charge is 0.243 e. The fourth-order valence-electron chi connectivity index (χ4n) is 2.81. The summed E-state index contributed by atoms with van der Waals surface area (Å²) in [5.41, 5.74) is 2.22. The molecule has 0 aliphatic rings. The van der Waals surface area contributed by atoms with Crippen molar-refractivity contribution in [1.29, 1.82) is 0 Å². The van der Waals surface area contributed by atoms with Crippen LogP contribution in [0.5, 0.6) is 5.75 Å². The fourth-order valence-corrected chi connectivity index (χ4v) is 2.81. The molecule has 1 aromatic heterocycles. The van der Waals surface area contributed by atoms with Gasteiger partial charge in [0.2, 0.25) is 5.91 Å². The molecule has 0 fully saturated rings. The Labute approximate surface area is 182 Å². The topological polar surface area (TPSA) is 98.2 Å². The van der Waals surface area contributed by atoms with Gasteiger partial charge in [0.05, 0.1) is 17.1 Å². The molecule has 2 unspecified atom stereocenters. The lowest BCUT2D eigenvalue weighted by atomic mass is 10.0. The zero-order chi connectivity index (χ0) is 22.6. The quantitative estimate of drug-likeness (QED) is 0.205. The molecule has 0 saturated carbocycles. The normalized spacial score (nSPS) is 14.3. The number of terminal acetylenes is 1. The maximum Gasteiger partial charge on any atom is 0.243 e. The first kappa shape index (κ1) is 23.5. The third-order valence-electron chi connectivity index (χ3n) is 4.40. The molecule has 160 valence electrons. The number of fused-ring (bicyclic) bond motifs is 1. The average Bonchev–Trinajstić information content (AvgIpc) is 3.16. The zero-order valence-electron chi connectivity index (χ0n) is 17.5. The van der Waals surface area contributed by atoms with Gasteiger partial charge in [-0.1, -0.05) is 42.5 Å². The maximum atomic E-state index is 12.0. The molecule has 0 saturated heterocycles. The molecule has 1 heterocycles. The lowest BCUT2D eigenvalue weighted by molar-refractivity contribution is -0.116. The van der Waals surface area contributed by atoms with Crippen LogP contribution < -0.4 is 5.32 Å². The fraction of sp³-hybridized carbons (Fsp3) is 0.200. The first-order valence-electron chi connectivity index (χ1n) is 9.87. The van der Waals surface area contributed by atoms with Crippen molar-refractivity contribution in [3.8, 4) is 18.1 Å². The highest BCUT2D eigenvalue weighted by atomic mass is 16.3. The van der Waals surface area contributed by atoms with Crippen LogP contribution in [-0.2, 0) is 4.79 Å². The number of phenols is 1. The van der Waals surface area contributed by atoms with E-state index in [9.17, 15) is 15.0 Å². The standard InChI is InChI=1S/C25H27N3O3/c1-4-7-10-19(25-27-21-14-13-20(29)17-22(21)28-25)11-8-16-26-24(31)15-12-18(6-3)23(30)9-5-2/h1,5-6,8-15,17-18,23,29-30H,3,7,16H2,2H3,(H,26,31)(H,27,28)/b9-5-,11-8-,15-12-,19-10+. The van der Waals surface area contributed by atoms with Gasteiger partial charge in [-0.15, -0.1) is 18.9 Å². The molecule has 0 radical (unpaired) electrons. The summed E-state index contributed by atoms with van der Waals surface area (Å²) in [6.07, 6.45) is 18.5. The molecule has 1 aromatic carbocycles. The lowest BCUT2D eigenvalue weighted by Crippen LogP contribution is -2.22. The summed E-state index contributed by atoms with van der Waals surface area (Å²) in [6.45, 7) is 5.79. The Morgan fingerprint density at radius 3 is 2.90 bits per heavy atom. The van der Waals surface area contributed by atoms with Gasteiger partial charge in [-0.05, 0) is 25.1 Å². The molecular formula is C25H27N3O3. The highest BCUT2D eigenvalue weighted by molar-refractivity contribution is 5.87. The van der Waals surface area contributed by atoms with E-state index in [0.717, 1.165) is 11.1 Å². The second-order valence-electron chi connectivity index (χ2n) is 6.69. The predicted molar refractivity (Wildman–Crippen MR) is 125 cm³/mol. The number of rotatable bonds is 10. The van der Waals surface area contributed by atoms with Crippen LogP contribution in [0.3, 0.4) is 0 Å². The zero-order valence-corrected chi connectivity index (χ0v) is 17.5. The molecule has 4 N–H and O–H groups in total. The Bertz CT molecular complexity index is 1070. The number of aliphatic hydroxyl groups excluding tert-OH is 1. The number of aromatic nitrogens is 2. The van der Waals surface area contributed by atoms with Crippen LogP contribution in [0.15, 0.2) is 73.4 Å². The Kier molecular flexibility index (Phi) is 9.09. The second kappa shape index (κ2) is 12.0. The van der Waals surface area contributed by atoms with Crippen molar-refractivity contribution in [3.63, 3.8) is 0 Å². The van der Waals surface area contributed by atoms with Crippen LogP contribution in [0, 0.1) is 18.3 Å². The first-order chi connectivity index (χ1) is 15.0. The van der Waals surface area contributed by atoms with Crippen molar-refractivity contribution in [3.05, 3.63) is 79.2 Å². The predicted octanol–water partition coefficient (Wildman–Crippen LogP) is 3.64. The van der Waals surface area contributed by atoms with Gasteiger partial charge >= 0.3 is 0 Å². The van der Waals surface area contributed by atoms with Gasteiger partial charge in [0.25, 0.3) is 0 Å². The van der Waals surface area contributed by atoms with E-state index in [-0.39, 0.29) is 17.6 Å². The number of nitrogens with zero attached hydrogens (tertiary/aromatic N) is 1. The minimum absolute atomic E-state index is 0.153. The van der Waals surface area contributed by atoms with Crippen LogP contribution in [0.25, 0.3) is 16.6 Å². The highest BCUT2D eigenvalue weighted by Crippen LogP contribution is 2.22. The summed E-state index contributed by atoms with van der Waals surface area (Å²) < 4.78 is 0. The first-order valence-corrected chi connectivity index (χ1v) is 9.87. The summed E-state index contributed by atoms with van der Waals surface area (Å²) in [6, 6.07) is 4.90. The number of hydrogen-bond acceptors (Lipinski definition) is 4. The molecule has 0 bridgehead atoms. The molecule has 31 heavy (non-hydrogen) atoms. The molecule has 6 heteroatoms. The number of nitrogens with one attached hydrogen (secondary N) is 2. The Morgan fingerprint density at radius 2 is 2.19 bits per heavy atom. The maximum absolute atomic E-state index is 12.0. The number of carbonyl (C=O) groups excluding carboxylic acids is 1. The molecule has 2 rings (SSSR count). The minimum atomic E-state index is -0.721. The number of carbonyl (C=O) groups is 1. The molecule has 1 amide bonds. The van der Waals surface area contributed by atoms with Crippen LogP contribution in [-0.4, -0.2) is 38.7 Å². The molecule has 2 atom stereocenters. The number of allylic oxidation sites excluding steroid dienone is 4. The number of H-pyrrole nitrogens is 1. The van der Waals surface area contributed by atoms with Crippen LogP contribution in [0.1, 0.15) is 19.2 Å². The van der Waals surface area contributed by atoms with Crippen molar-refractivity contribution in [2.75, 3.05) is 6.54 Å². The molecule has 0 aliphatic heterocycles. The van der Waals surface area contributed by atoms with E-state index in [4.69, 9.17) is 6.42 Å². The van der Waals surface area contributed by atoms with E-state index in [1.807, 2.05) is 19.1 Å². The summed E-state index contributed by atoms with van der Waals surface area (Å²) in [5, 5.41) is 22.3. The molecule has 0 spiro atoms. The van der Waals surface area contributed by atoms with Crippen molar-refractivity contribution in [2.24, 2.45) is 5.92 Å². The lowest BCUT2D eigenvalue weighted by Gasteiger charge is -2.11. The van der Waals surface area contributed by atoms with Crippen molar-refractivity contribution in [2.45, 2.75) is 19.4 Å². The van der Waals surface area contributed by atoms with Gasteiger partial charge in [0.1, 0.15) is 11.6 Å².